The summed E-state index contributed by atoms with van der Waals surface area (Å²) < 4.78 is 6.15. The Morgan fingerprint density at radius 1 is 1.36 bits per heavy atom. The molecule has 1 N–H and O–H groups in total. The van der Waals surface area contributed by atoms with Crippen LogP contribution in [0.2, 0.25) is 0 Å². The van der Waals surface area contributed by atoms with E-state index in [1.807, 2.05) is 0 Å². The van der Waals surface area contributed by atoms with E-state index < -0.39 is 5.63 Å². The molecule has 1 heterocycles. The van der Waals surface area contributed by atoms with Gasteiger partial charge in [0.1, 0.15) is 0 Å². The quantitative estimate of drug-likeness (QED) is 0.556. The molecule has 5 nitrogen and oxygen atoms in total. The van der Waals surface area contributed by atoms with Gasteiger partial charge in [0.25, 0.3) is 0 Å². The second-order valence-corrected chi connectivity index (χ2v) is 3.65. The molecule has 0 radical (unpaired) electrons. The molecule has 76 valence electrons. The van der Waals surface area contributed by atoms with E-state index in [1.165, 1.54) is 6.42 Å². The van der Waals surface area contributed by atoms with Gasteiger partial charge in [-0.1, -0.05) is 11.1 Å². The molecule has 0 spiro atoms. The van der Waals surface area contributed by atoms with Gasteiger partial charge in [-0.3, -0.25) is 9.32 Å². The number of nitrogens with zero attached hydrogens (tertiary/aromatic N) is 1. The fourth-order valence-electron chi connectivity index (χ4n) is 2.01. The minimum atomic E-state index is -0.578. The Bertz CT molecular complexity index is 374. The van der Waals surface area contributed by atoms with E-state index in [0.29, 0.717) is 6.29 Å². The summed E-state index contributed by atoms with van der Waals surface area (Å²) in [6, 6.07) is 0.218. The molecule has 0 aromatic carbocycles. The van der Waals surface area contributed by atoms with Gasteiger partial charge in [-0.15, -0.1) is 0 Å². The lowest BCUT2D eigenvalue weighted by Gasteiger charge is -2.14. The van der Waals surface area contributed by atoms with Crippen LogP contribution in [-0.4, -0.2) is 11.6 Å². The highest BCUT2D eigenvalue weighted by molar-refractivity contribution is 5.68. The number of aromatic amines is 1. The molecular weight excluding hydrogens is 184 g/mol. The molecule has 1 fully saturated rings. The monoisotopic (exact) mass is 197 g/mol. The van der Waals surface area contributed by atoms with Gasteiger partial charge in [-0.05, 0) is 18.1 Å². The smallest absolute Gasteiger partial charge is 0.291 e. The van der Waals surface area contributed by atoms with E-state index in [9.17, 15) is 9.59 Å². The third kappa shape index (κ3) is 1.49. The van der Waals surface area contributed by atoms with Crippen LogP contribution in [0, 0.1) is 0 Å². The average Bonchev–Trinajstić information content (AvgIpc) is 2.61. The lowest BCUT2D eigenvalue weighted by atomic mass is 9.95. The molecule has 1 aliphatic carbocycles. The normalized spacial score (nSPS) is 18.3. The molecule has 1 aromatic heterocycles. The Morgan fingerprint density at radius 3 is 2.71 bits per heavy atom. The number of rotatable bonds is 2. The van der Waals surface area contributed by atoms with Crippen molar-refractivity contribution in [1.82, 2.24) is 5.27 Å². The number of carbonyl (C=O) groups is 1. The maximum atomic E-state index is 11.1. The molecule has 0 unspecified atom stereocenters. The Hall–Kier alpha value is -1.39. The van der Waals surface area contributed by atoms with Gasteiger partial charge in [-0.2, -0.15) is 0 Å². The van der Waals surface area contributed by atoms with Crippen molar-refractivity contribution >= 4 is 6.29 Å². The van der Waals surface area contributed by atoms with Gasteiger partial charge < -0.3 is 0 Å². The van der Waals surface area contributed by atoms with Crippen molar-refractivity contribution in [2.45, 2.75) is 38.1 Å². The first-order chi connectivity index (χ1) is 6.83. The minimum absolute atomic E-state index is 0.0944. The van der Waals surface area contributed by atoms with Gasteiger partial charge in [0.15, 0.2) is 6.04 Å². The molecule has 14 heavy (non-hydrogen) atoms. The van der Waals surface area contributed by atoms with Crippen molar-refractivity contribution in [3.8, 4) is 0 Å². The van der Waals surface area contributed by atoms with Crippen LogP contribution >= 0.6 is 0 Å². The predicted molar refractivity (Wildman–Crippen MR) is 47.0 cm³/mol. The number of nitrogens with one attached hydrogen (secondary N) is 1. The molecule has 5 heteroatoms. The van der Waals surface area contributed by atoms with Crippen LogP contribution in [0.15, 0.2) is 9.32 Å². The van der Waals surface area contributed by atoms with Crippen molar-refractivity contribution in [3.05, 3.63) is 16.1 Å². The third-order valence-corrected chi connectivity index (χ3v) is 2.76. The summed E-state index contributed by atoms with van der Waals surface area (Å²) in [5.41, 5.74) is -0.484. The number of hydrogen-bond donors (Lipinski definition) is 1. The summed E-state index contributed by atoms with van der Waals surface area (Å²) in [7, 11) is 0. The predicted octanol–water partition coefficient (Wildman–Crippen LogP) is 0.573. The second-order valence-electron chi connectivity index (χ2n) is 3.65. The molecule has 0 bridgehead atoms. The SMILES string of the molecule is O=Cc1c(=O)o[nH][n+]1C1CCCCC1. The highest BCUT2D eigenvalue weighted by Crippen LogP contribution is 2.23. The van der Waals surface area contributed by atoms with Crippen molar-refractivity contribution in [3.63, 3.8) is 0 Å². The summed E-state index contributed by atoms with van der Waals surface area (Å²) in [6.45, 7) is 0. The highest BCUT2D eigenvalue weighted by Gasteiger charge is 2.30. The molecule has 0 atom stereocenters. The van der Waals surface area contributed by atoms with E-state index in [1.54, 1.807) is 4.68 Å². The maximum absolute atomic E-state index is 11.1. The van der Waals surface area contributed by atoms with Gasteiger partial charge in [0.2, 0.25) is 6.29 Å². The van der Waals surface area contributed by atoms with Crippen LogP contribution < -0.4 is 10.3 Å². The van der Waals surface area contributed by atoms with Crippen LogP contribution in [0.4, 0.5) is 0 Å². The van der Waals surface area contributed by atoms with E-state index in [0.717, 1.165) is 25.7 Å². The summed E-state index contributed by atoms with van der Waals surface area (Å²) in [5.74, 6) is 0. The van der Waals surface area contributed by atoms with Crippen molar-refractivity contribution in [2.75, 3.05) is 0 Å². The molecule has 0 saturated heterocycles. The fourth-order valence-corrected chi connectivity index (χ4v) is 2.01. The zero-order valence-electron chi connectivity index (χ0n) is 7.86. The van der Waals surface area contributed by atoms with E-state index in [-0.39, 0.29) is 11.7 Å². The number of aldehydes is 1. The number of carbonyl (C=O) groups excluding carboxylic acids is 1. The van der Waals surface area contributed by atoms with Gasteiger partial charge >= 0.3 is 11.3 Å². The largest absolute Gasteiger partial charge is 0.438 e. The van der Waals surface area contributed by atoms with E-state index in [2.05, 4.69) is 9.79 Å². The van der Waals surface area contributed by atoms with E-state index in [4.69, 9.17) is 0 Å². The molecule has 0 aliphatic heterocycles. The summed E-state index contributed by atoms with van der Waals surface area (Å²) in [5, 5.41) is 2.49. The zero-order valence-corrected chi connectivity index (χ0v) is 7.86. The van der Waals surface area contributed by atoms with E-state index >= 15 is 0 Å². The molecule has 1 aromatic rings. The first-order valence-electron chi connectivity index (χ1n) is 4.91. The van der Waals surface area contributed by atoms with Gasteiger partial charge in [0.05, 0.1) is 0 Å². The maximum Gasteiger partial charge on any atom is 0.438 e. The Balaban J connectivity index is 2.30. The molecule has 1 aliphatic rings. The first-order valence-corrected chi connectivity index (χ1v) is 4.91. The molecule has 2 rings (SSSR count). The van der Waals surface area contributed by atoms with Crippen LogP contribution in [0.5, 0.6) is 0 Å². The van der Waals surface area contributed by atoms with Crippen molar-refractivity contribution < 1.29 is 14.0 Å². The molecular formula is C9H13N2O3+. The lowest BCUT2D eigenvalue weighted by Crippen LogP contribution is -2.46. The lowest BCUT2D eigenvalue weighted by molar-refractivity contribution is -0.788. The number of aromatic nitrogens is 2. The van der Waals surface area contributed by atoms with Crippen LogP contribution in [0.25, 0.3) is 0 Å². The zero-order chi connectivity index (χ0) is 9.97. The summed E-state index contributed by atoms with van der Waals surface area (Å²) in [4.78, 5) is 21.7. The van der Waals surface area contributed by atoms with Gasteiger partial charge in [-0.25, -0.2) is 4.79 Å². The standard InChI is InChI=1S/C9H12N2O3/c12-6-8-9(13)14-10-11(8)7-4-2-1-3-5-7/h6-7H,1-5H2/p+1. The second kappa shape index (κ2) is 3.77. The van der Waals surface area contributed by atoms with Crippen LogP contribution in [0.1, 0.15) is 48.6 Å². The number of hydrogen-bond acceptors (Lipinski definition) is 3. The summed E-state index contributed by atoms with van der Waals surface area (Å²) >= 11 is 0. The topological polar surface area (TPSA) is 67.0 Å². The molecule has 0 amide bonds. The van der Waals surface area contributed by atoms with Crippen molar-refractivity contribution in [1.29, 1.82) is 0 Å². The van der Waals surface area contributed by atoms with Crippen LogP contribution in [-0.2, 0) is 0 Å². The van der Waals surface area contributed by atoms with Crippen LogP contribution in [0.3, 0.4) is 0 Å². The first kappa shape index (κ1) is 9.18. The fraction of sp³-hybridized carbons (Fsp3) is 0.667. The third-order valence-electron chi connectivity index (χ3n) is 2.76. The number of H-pyrrole nitrogens is 1. The Kier molecular flexibility index (Phi) is 2.47. The highest BCUT2D eigenvalue weighted by atomic mass is 16.5. The van der Waals surface area contributed by atoms with Gasteiger partial charge in [0, 0.05) is 12.8 Å². The molecule has 1 saturated carbocycles. The average molecular weight is 197 g/mol. The van der Waals surface area contributed by atoms with Crippen molar-refractivity contribution in [2.24, 2.45) is 0 Å². The Labute approximate surface area is 80.7 Å². The Morgan fingerprint density at radius 2 is 2.07 bits per heavy atom. The summed E-state index contributed by atoms with van der Waals surface area (Å²) in [6.07, 6.45) is 6.07. The minimum Gasteiger partial charge on any atom is -0.291 e.